The van der Waals surface area contributed by atoms with Crippen LogP contribution in [0.2, 0.25) is 0 Å². The Kier molecular flexibility index (Phi) is 4.11. The van der Waals surface area contributed by atoms with Gasteiger partial charge in [-0.25, -0.2) is 4.98 Å². The molecule has 1 N–H and O–H groups in total. The number of hydrogen-bond donors (Lipinski definition) is 1. The molecule has 8 nitrogen and oxygen atoms in total. The molecule has 2 rings (SSSR count). The Morgan fingerprint density at radius 3 is 2.65 bits per heavy atom. The van der Waals surface area contributed by atoms with E-state index in [0.29, 0.717) is 11.9 Å². The first-order valence-electron chi connectivity index (χ1n) is 6.52. The van der Waals surface area contributed by atoms with Gasteiger partial charge >= 0.3 is 6.01 Å². The first-order valence-corrected chi connectivity index (χ1v) is 6.52. The number of nitrogens with one attached hydrogen (secondary N) is 1. The average molecular weight is 277 g/mol. The Bertz CT molecular complexity index is 547. The van der Waals surface area contributed by atoms with Crippen LogP contribution in [-0.4, -0.2) is 41.9 Å². The van der Waals surface area contributed by atoms with Crippen molar-refractivity contribution in [2.75, 3.05) is 11.9 Å². The van der Waals surface area contributed by atoms with E-state index in [0.717, 1.165) is 13.0 Å². The average Bonchev–Trinajstić information content (AvgIpc) is 2.87. The Morgan fingerprint density at radius 2 is 2.05 bits per heavy atom. The van der Waals surface area contributed by atoms with Crippen molar-refractivity contribution in [3.63, 3.8) is 0 Å². The second kappa shape index (κ2) is 5.81. The van der Waals surface area contributed by atoms with Gasteiger partial charge in [-0.1, -0.05) is 6.92 Å². The molecule has 0 amide bonds. The molecule has 0 aliphatic rings. The molecule has 0 saturated heterocycles. The first-order chi connectivity index (χ1) is 9.48. The van der Waals surface area contributed by atoms with Crippen molar-refractivity contribution in [1.82, 2.24) is 29.7 Å². The largest absolute Gasteiger partial charge is 0.458 e. The quantitative estimate of drug-likeness (QED) is 0.884. The fourth-order valence-electron chi connectivity index (χ4n) is 1.40. The third-order valence-electron chi connectivity index (χ3n) is 2.16. The van der Waals surface area contributed by atoms with Crippen molar-refractivity contribution >= 4 is 5.95 Å². The molecule has 0 unspecified atom stereocenters. The zero-order chi connectivity index (χ0) is 14.6. The summed E-state index contributed by atoms with van der Waals surface area (Å²) in [4.78, 5) is 16.7. The third kappa shape index (κ3) is 3.87. The van der Waals surface area contributed by atoms with E-state index in [4.69, 9.17) is 4.74 Å². The molecular weight excluding hydrogens is 258 g/mol. The van der Waals surface area contributed by atoms with Crippen LogP contribution in [0.3, 0.4) is 0 Å². The van der Waals surface area contributed by atoms with E-state index in [-0.39, 0.29) is 11.6 Å². The Balaban J connectivity index is 2.33. The highest BCUT2D eigenvalue weighted by molar-refractivity contribution is 5.29. The maximum atomic E-state index is 5.70. The summed E-state index contributed by atoms with van der Waals surface area (Å²) in [5.74, 6) is 0.835. The van der Waals surface area contributed by atoms with Crippen molar-refractivity contribution in [3.8, 4) is 12.0 Å². The molecule has 0 radical (unpaired) electrons. The molecule has 0 aliphatic carbocycles. The molecule has 0 aromatic carbocycles. The molecule has 8 heteroatoms. The van der Waals surface area contributed by atoms with Crippen LogP contribution < -0.4 is 10.1 Å². The normalized spacial score (nSPS) is 11.4. The highest BCUT2D eigenvalue weighted by Crippen LogP contribution is 2.16. The summed E-state index contributed by atoms with van der Waals surface area (Å²) in [5, 5.41) is 7.13. The van der Waals surface area contributed by atoms with Crippen LogP contribution in [0.15, 0.2) is 12.7 Å². The van der Waals surface area contributed by atoms with Crippen LogP contribution in [0.1, 0.15) is 34.1 Å². The molecule has 20 heavy (non-hydrogen) atoms. The van der Waals surface area contributed by atoms with E-state index in [1.54, 1.807) is 0 Å². The molecular formula is C12H19N7O. The SMILES string of the molecule is CCCNc1nc(OC(C)(C)C)nc(-n2cncn2)n1. The predicted molar refractivity (Wildman–Crippen MR) is 73.9 cm³/mol. The zero-order valence-electron chi connectivity index (χ0n) is 12.2. The van der Waals surface area contributed by atoms with Gasteiger partial charge in [0.15, 0.2) is 0 Å². The maximum absolute atomic E-state index is 5.70. The van der Waals surface area contributed by atoms with Crippen LogP contribution in [0.5, 0.6) is 6.01 Å². The summed E-state index contributed by atoms with van der Waals surface area (Å²) >= 11 is 0. The van der Waals surface area contributed by atoms with Crippen molar-refractivity contribution in [2.24, 2.45) is 0 Å². The van der Waals surface area contributed by atoms with Crippen molar-refractivity contribution in [1.29, 1.82) is 0 Å². The van der Waals surface area contributed by atoms with Crippen molar-refractivity contribution < 1.29 is 4.74 Å². The first kappa shape index (κ1) is 14.2. The Morgan fingerprint density at radius 1 is 1.25 bits per heavy atom. The fourth-order valence-corrected chi connectivity index (χ4v) is 1.40. The summed E-state index contributed by atoms with van der Waals surface area (Å²) in [6, 6.07) is 0.261. The topological polar surface area (TPSA) is 90.6 Å². The lowest BCUT2D eigenvalue weighted by Gasteiger charge is -2.19. The lowest BCUT2D eigenvalue weighted by molar-refractivity contribution is 0.116. The summed E-state index contributed by atoms with van der Waals surface area (Å²) in [5.41, 5.74) is -0.386. The van der Waals surface area contributed by atoms with Gasteiger partial charge in [0.05, 0.1) is 0 Å². The van der Waals surface area contributed by atoms with Gasteiger partial charge in [0, 0.05) is 6.54 Å². The lowest BCUT2D eigenvalue weighted by atomic mass is 10.2. The molecule has 0 fully saturated rings. The van der Waals surface area contributed by atoms with Crippen LogP contribution >= 0.6 is 0 Å². The van der Waals surface area contributed by atoms with Gasteiger partial charge in [-0.3, -0.25) is 0 Å². The molecule has 0 atom stereocenters. The molecule has 0 aliphatic heterocycles. The van der Waals surface area contributed by atoms with Crippen LogP contribution in [0.4, 0.5) is 5.95 Å². The van der Waals surface area contributed by atoms with Crippen molar-refractivity contribution in [2.45, 2.75) is 39.7 Å². The predicted octanol–water partition coefficient (Wildman–Crippen LogP) is 1.45. The van der Waals surface area contributed by atoms with E-state index in [1.807, 2.05) is 20.8 Å². The second-order valence-corrected chi connectivity index (χ2v) is 5.22. The van der Waals surface area contributed by atoms with E-state index in [1.165, 1.54) is 17.3 Å². The minimum atomic E-state index is -0.386. The minimum Gasteiger partial charge on any atom is -0.458 e. The smallest absolute Gasteiger partial charge is 0.323 e. The highest BCUT2D eigenvalue weighted by Gasteiger charge is 2.17. The monoisotopic (exact) mass is 277 g/mol. The van der Waals surface area contributed by atoms with Crippen LogP contribution in [0, 0.1) is 0 Å². The minimum absolute atomic E-state index is 0.261. The lowest BCUT2D eigenvalue weighted by Crippen LogP contribution is -2.25. The van der Waals surface area contributed by atoms with E-state index >= 15 is 0 Å². The van der Waals surface area contributed by atoms with Gasteiger partial charge < -0.3 is 10.1 Å². The zero-order valence-corrected chi connectivity index (χ0v) is 12.2. The third-order valence-corrected chi connectivity index (χ3v) is 2.16. The van der Waals surface area contributed by atoms with E-state index in [9.17, 15) is 0 Å². The summed E-state index contributed by atoms with van der Waals surface area (Å²) < 4.78 is 7.16. The van der Waals surface area contributed by atoms with Gasteiger partial charge in [0.1, 0.15) is 18.3 Å². The molecule has 108 valence electrons. The maximum Gasteiger partial charge on any atom is 0.323 e. The van der Waals surface area contributed by atoms with Crippen LogP contribution in [0.25, 0.3) is 5.95 Å². The van der Waals surface area contributed by atoms with E-state index in [2.05, 4.69) is 37.3 Å². The number of nitrogens with zero attached hydrogens (tertiary/aromatic N) is 6. The van der Waals surface area contributed by atoms with Crippen LogP contribution in [-0.2, 0) is 0 Å². The van der Waals surface area contributed by atoms with Gasteiger partial charge in [-0.05, 0) is 27.2 Å². The van der Waals surface area contributed by atoms with Gasteiger partial charge in [-0.2, -0.15) is 24.7 Å². The Labute approximate surface area is 117 Å². The summed E-state index contributed by atoms with van der Waals surface area (Å²) in [7, 11) is 0. The number of ether oxygens (including phenoxy) is 1. The summed E-state index contributed by atoms with van der Waals surface area (Å²) in [6.07, 6.45) is 3.92. The molecule has 2 aromatic rings. The standard InChI is InChI=1S/C12H19N7O/c1-5-6-14-9-16-10(19-8-13-7-15-19)18-11(17-9)20-12(2,3)4/h7-8H,5-6H2,1-4H3,(H,14,16,17,18). The number of anilines is 1. The second-order valence-electron chi connectivity index (χ2n) is 5.22. The Hall–Kier alpha value is -2.25. The van der Waals surface area contributed by atoms with Gasteiger partial charge in [0.2, 0.25) is 5.95 Å². The molecule has 0 bridgehead atoms. The molecule has 0 spiro atoms. The molecule has 0 saturated carbocycles. The van der Waals surface area contributed by atoms with Crippen molar-refractivity contribution in [3.05, 3.63) is 12.7 Å². The fraction of sp³-hybridized carbons (Fsp3) is 0.583. The number of hydrogen-bond acceptors (Lipinski definition) is 7. The van der Waals surface area contributed by atoms with Gasteiger partial charge in [-0.15, -0.1) is 0 Å². The highest BCUT2D eigenvalue weighted by atomic mass is 16.5. The number of rotatable bonds is 5. The van der Waals surface area contributed by atoms with Gasteiger partial charge in [0.25, 0.3) is 5.95 Å². The summed E-state index contributed by atoms with van der Waals surface area (Å²) in [6.45, 7) is 8.65. The van der Waals surface area contributed by atoms with E-state index < -0.39 is 0 Å². The number of aromatic nitrogens is 6. The molecule has 2 aromatic heterocycles. The molecule has 2 heterocycles.